The third-order valence-electron chi connectivity index (χ3n) is 9.74. The number of hydrogen-bond donors (Lipinski definition) is 0. The lowest BCUT2D eigenvalue weighted by atomic mass is 9.79. The molecule has 3 aromatic heterocycles. The van der Waals surface area contributed by atoms with Gasteiger partial charge >= 0.3 is 5.97 Å². The van der Waals surface area contributed by atoms with Crippen LogP contribution < -0.4 is 9.64 Å². The minimum Gasteiger partial charge on any atom is -0.495 e. The van der Waals surface area contributed by atoms with E-state index in [4.69, 9.17) is 19.4 Å². The highest BCUT2D eigenvalue weighted by atomic mass is 16.5. The number of esters is 1. The molecule has 1 amide bonds. The molecule has 0 radical (unpaired) electrons. The molecule has 0 bridgehead atoms. The Morgan fingerprint density at radius 1 is 0.930 bits per heavy atom. The van der Waals surface area contributed by atoms with Crippen LogP contribution in [0.15, 0.2) is 42.9 Å². The van der Waals surface area contributed by atoms with E-state index in [-0.39, 0.29) is 23.7 Å². The highest BCUT2D eigenvalue weighted by Gasteiger charge is 2.35. The maximum Gasteiger partial charge on any atom is 0.308 e. The SMILES string of the molecule is COc1ccc([C@H]2CC[C@H](CN(c3cc(-c4cnn(C5CC5)c4)ccn3)C(=O)[C@H]3CC[C@H](C(=O)OC)CC3)CC2)nc1C. The first kappa shape index (κ1) is 29.3. The van der Waals surface area contributed by atoms with Crippen molar-refractivity contribution in [3.63, 3.8) is 0 Å². The van der Waals surface area contributed by atoms with Gasteiger partial charge in [0.15, 0.2) is 0 Å². The molecule has 0 N–H and O–H groups in total. The topological polar surface area (TPSA) is 99.4 Å². The summed E-state index contributed by atoms with van der Waals surface area (Å²) in [5.74, 6) is 2.05. The predicted octanol–water partition coefficient (Wildman–Crippen LogP) is 6.28. The summed E-state index contributed by atoms with van der Waals surface area (Å²) >= 11 is 0. The van der Waals surface area contributed by atoms with E-state index in [0.29, 0.717) is 55.9 Å². The molecule has 3 aliphatic carbocycles. The van der Waals surface area contributed by atoms with Crippen molar-refractivity contribution in [3.05, 3.63) is 54.2 Å². The molecule has 6 rings (SSSR count). The largest absolute Gasteiger partial charge is 0.495 e. The summed E-state index contributed by atoms with van der Waals surface area (Å²) in [5, 5.41) is 4.57. The van der Waals surface area contributed by atoms with Gasteiger partial charge in [-0.3, -0.25) is 24.2 Å². The number of nitrogens with zero attached hydrogens (tertiary/aromatic N) is 5. The average Bonchev–Trinajstić information content (AvgIpc) is 3.79. The van der Waals surface area contributed by atoms with Crippen molar-refractivity contribution < 1.29 is 19.1 Å². The van der Waals surface area contributed by atoms with Crippen LogP contribution in [0.2, 0.25) is 0 Å². The third kappa shape index (κ3) is 6.60. The molecule has 3 fully saturated rings. The molecule has 9 nitrogen and oxygen atoms in total. The number of hydrogen-bond acceptors (Lipinski definition) is 7. The van der Waals surface area contributed by atoms with Gasteiger partial charge in [0.2, 0.25) is 5.91 Å². The number of pyridine rings is 2. The van der Waals surface area contributed by atoms with Crippen LogP contribution in [0.3, 0.4) is 0 Å². The second-order valence-corrected chi connectivity index (χ2v) is 12.6. The number of carbonyl (C=O) groups excluding carboxylic acids is 2. The quantitative estimate of drug-likeness (QED) is 0.273. The lowest BCUT2D eigenvalue weighted by Crippen LogP contribution is -2.42. The number of rotatable bonds is 9. The molecule has 3 saturated carbocycles. The first-order valence-corrected chi connectivity index (χ1v) is 15.8. The van der Waals surface area contributed by atoms with E-state index in [2.05, 4.69) is 22.0 Å². The highest BCUT2D eigenvalue weighted by Crippen LogP contribution is 2.39. The van der Waals surface area contributed by atoms with Crippen molar-refractivity contribution in [2.45, 2.75) is 83.1 Å². The third-order valence-corrected chi connectivity index (χ3v) is 9.74. The van der Waals surface area contributed by atoms with Gasteiger partial charge in [0, 0.05) is 42.0 Å². The second kappa shape index (κ2) is 12.9. The number of anilines is 1. The number of aromatic nitrogens is 4. The Morgan fingerprint density at radius 3 is 2.35 bits per heavy atom. The molecule has 3 heterocycles. The average molecular weight is 586 g/mol. The van der Waals surface area contributed by atoms with Gasteiger partial charge in [-0.1, -0.05) is 0 Å². The van der Waals surface area contributed by atoms with Gasteiger partial charge in [-0.05, 0) is 107 Å². The van der Waals surface area contributed by atoms with Crippen molar-refractivity contribution in [1.29, 1.82) is 0 Å². The van der Waals surface area contributed by atoms with Crippen LogP contribution in [0.1, 0.15) is 87.6 Å². The number of methoxy groups -OCH3 is 2. The molecular weight excluding hydrogens is 542 g/mol. The van der Waals surface area contributed by atoms with Gasteiger partial charge in [-0.15, -0.1) is 0 Å². The Morgan fingerprint density at radius 2 is 1.67 bits per heavy atom. The van der Waals surface area contributed by atoms with Gasteiger partial charge in [-0.25, -0.2) is 4.98 Å². The van der Waals surface area contributed by atoms with E-state index < -0.39 is 0 Å². The Hall–Kier alpha value is -3.75. The van der Waals surface area contributed by atoms with Crippen LogP contribution in [-0.2, 0) is 14.3 Å². The monoisotopic (exact) mass is 585 g/mol. The van der Waals surface area contributed by atoms with E-state index in [0.717, 1.165) is 53.9 Å². The summed E-state index contributed by atoms with van der Waals surface area (Å²) < 4.78 is 12.4. The summed E-state index contributed by atoms with van der Waals surface area (Å²) in [6, 6.07) is 8.67. The minimum absolute atomic E-state index is 0.113. The first-order valence-electron chi connectivity index (χ1n) is 15.8. The molecule has 0 aromatic carbocycles. The smallest absolute Gasteiger partial charge is 0.308 e. The van der Waals surface area contributed by atoms with Crippen LogP contribution in [0.25, 0.3) is 11.1 Å². The fraction of sp³-hybridized carbons (Fsp3) is 0.559. The van der Waals surface area contributed by atoms with Crippen LogP contribution >= 0.6 is 0 Å². The summed E-state index contributed by atoms with van der Waals surface area (Å²) in [5.41, 5.74) is 4.13. The standard InChI is InChI=1S/C34H43N5O4/c1-22-31(42-2)15-14-30(37-22)24-6-4-23(5-7-24)20-38(33(40)25-8-10-26(11-9-25)34(41)43-3)32-18-27(16-17-35-32)28-19-36-39(21-28)29-12-13-29/h14-19,21,23-26,29H,4-13,20H2,1-3H3/t23-,24-,25-,26-. The Kier molecular flexibility index (Phi) is 8.77. The zero-order valence-electron chi connectivity index (χ0n) is 25.6. The molecule has 3 aromatic rings. The van der Waals surface area contributed by atoms with Crippen molar-refractivity contribution in [1.82, 2.24) is 19.7 Å². The zero-order valence-corrected chi connectivity index (χ0v) is 25.6. The summed E-state index contributed by atoms with van der Waals surface area (Å²) in [6.07, 6.45) is 15.1. The molecule has 228 valence electrons. The molecule has 3 aliphatic rings. The van der Waals surface area contributed by atoms with Crippen LogP contribution in [-0.4, -0.2) is 52.4 Å². The van der Waals surface area contributed by atoms with Crippen LogP contribution in [0.5, 0.6) is 5.75 Å². The Balaban J connectivity index is 1.19. The molecule has 43 heavy (non-hydrogen) atoms. The van der Waals surface area contributed by atoms with Gasteiger partial charge < -0.3 is 9.47 Å². The lowest BCUT2D eigenvalue weighted by Gasteiger charge is -2.35. The van der Waals surface area contributed by atoms with Crippen molar-refractivity contribution in [3.8, 4) is 16.9 Å². The van der Waals surface area contributed by atoms with Gasteiger partial charge in [0.25, 0.3) is 0 Å². The molecule has 0 aliphatic heterocycles. The van der Waals surface area contributed by atoms with Crippen molar-refractivity contribution in [2.24, 2.45) is 17.8 Å². The van der Waals surface area contributed by atoms with E-state index in [1.54, 1.807) is 7.11 Å². The van der Waals surface area contributed by atoms with E-state index in [1.165, 1.54) is 20.0 Å². The van der Waals surface area contributed by atoms with Gasteiger partial charge in [-0.2, -0.15) is 5.10 Å². The van der Waals surface area contributed by atoms with E-state index in [1.807, 2.05) is 42.4 Å². The van der Waals surface area contributed by atoms with Crippen molar-refractivity contribution >= 4 is 17.7 Å². The van der Waals surface area contributed by atoms with Crippen LogP contribution in [0.4, 0.5) is 5.82 Å². The minimum atomic E-state index is -0.165. The first-order chi connectivity index (χ1) is 20.9. The predicted molar refractivity (Wildman–Crippen MR) is 164 cm³/mol. The zero-order chi connectivity index (χ0) is 29.9. The maximum atomic E-state index is 14.2. The fourth-order valence-corrected chi connectivity index (χ4v) is 6.94. The molecule has 0 spiro atoms. The number of amides is 1. The summed E-state index contributed by atoms with van der Waals surface area (Å²) in [7, 11) is 3.12. The van der Waals surface area contributed by atoms with Gasteiger partial charge in [0.1, 0.15) is 11.6 Å². The fourth-order valence-electron chi connectivity index (χ4n) is 6.94. The van der Waals surface area contributed by atoms with E-state index >= 15 is 0 Å². The molecule has 0 saturated heterocycles. The molecule has 0 atom stereocenters. The summed E-state index contributed by atoms with van der Waals surface area (Å²) in [4.78, 5) is 37.8. The molecule has 9 heteroatoms. The Labute approximate surface area is 254 Å². The van der Waals surface area contributed by atoms with E-state index in [9.17, 15) is 9.59 Å². The highest BCUT2D eigenvalue weighted by molar-refractivity contribution is 5.95. The lowest BCUT2D eigenvalue weighted by molar-refractivity contribution is -0.147. The molecule has 0 unspecified atom stereocenters. The normalized spacial score (nSPS) is 23.9. The second-order valence-electron chi connectivity index (χ2n) is 12.6. The number of aryl methyl sites for hydroxylation is 1. The van der Waals surface area contributed by atoms with Gasteiger partial charge in [0.05, 0.1) is 38.1 Å². The van der Waals surface area contributed by atoms with Crippen molar-refractivity contribution in [2.75, 3.05) is 25.7 Å². The summed E-state index contributed by atoms with van der Waals surface area (Å²) in [6.45, 7) is 2.64. The number of carbonyl (C=O) groups is 2. The molecular formula is C34H43N5O4. The number of ether oxygens (including phenoxy) is 2. The maximum absolute atomic E-state index is 14.2. The Bertz CT molecular complexity index is 1430. The van der Waals surface area contributed by atoms with Crippen LogP contribution in [0, 0.1) is 24.7 Å².